The molecule has 21 heavy (non-hydrogen) atoms. The predicted molar refractivity (Wildman–Crippen MR) is 92.4 cm³/mol. The molecule has 1 rings (SSSR count). The second kappa shape index (κ2) is 8.96. The predicted octanol–water partition coefficient (Wildman–Crippen LogP) is 2.34. The number of thiophene rings is 1. The summed E-state index contributed by atoms with van der Waals surface area (Å²) in [7, 11) is 5.46. The van der Waals surface area contributed by atoms with Crippen LogP contribution in [0.3, 0.4) is 0 Å². The molecule has 0 aliphatic carbocycles. The lowest BCUT2D eigenvalue weighted by molar-refractivity contribution is 0.0602. The number of anilines is 1. The standard InChI is InChI=1S/C14H23N3O2S2/c1-5-10-9-11(13(18)19-4)12(21-10)16-14(20)15-7-6-8-17(2)3/h9H,5-8H2,1-4H3,(H2,15,16,20). The highest BCUT2D eigenvalue weighted by Gasteiger charge is 2.16. The van der Waals surface area contributed by atoms with Gasteiger partial charge in [-0.05, 0) is 51.8 Å². The average molecular weight is 329 g/mol. The maximum absolute atomic E-state index is 11.8. The van der Waals surface area contributed by atoms with Gasteiger partial charge >= 0.3 is 5.97 Å². The summed E-state index contributed by atoms with van der Waals surface area (Å²) >= 11 is 6.79. The topological polar surface area (TPSA) is 53.6 Å². The van der Waals surface area contributed by atoms with E-state index < -0.39 is 0 Å². The van der Waals surface area contributed by atoms with Crippen LogP contribution in [0, 0.1) is 0 Å². The lowest BCUT2D eigenvalue weighted by atomic mass is 10.2. The first-order chi connectivity index (χ1) is 9.97. The number of methoxy groups -OCH3 is 1. The van der Waals surface area contributed by atoms with Gasteiger partial charge in [0.2, 0.25) is 0 Å². The molecule has 0 atom stereocenters. The number of nitrogens with zero attached hydrogens (tertiary/aromatic N) is 1. The van der Waals surface area contributed by atoms with Crippen molar-refractivity contribution >= 4 is 39.6 Å². The Labute approximate surface area is 135 Å². The molecule has 2 N–H and O–H groups in total. The third-order valence-electron chi connectivity index (χ3n) is 2.83. The van der Waals surface area contributed by atoms with Crippen LogP contribution in [-0.4, -0.2) is 50.3 Å². The van der Waals surface area contributed by atoms with E-state index in [-0.39, 0.29) is 5.97 Å². The molecule has 0 unspecified atom stereocenters. The van der Waals surface area contributed by atoms with E-state index in [1.165, 1.54) is 18.4 Å². The number of carbonyl (C=O) groups excluding carboxylic acids is 1. The Bertz CT molecular complexity index is 487. The molecule has 7 heteroatoms. The molecule has 0 aromatic carbocycles. The second-order valence-electron chi connectivity index (χ2n) is 4.84. The maximum Gasteiger partial charge on any atom is 0.340 e. The van der Waals surface area contributed by atoms with Crippen LogP contribution in [-0.2, 0) is 11.2 Å². The highest BCUT2D eigenvalue weighted by atomic mass is 32.1. The minimum absolute atomic E-state index is 0.344. The molecule has 0 amide bonds. The normalized spacial score (nSPS) is 10.5. The summed E-state index contributed by atoms with van der Waals surface area (Å²) in [4.78, 5) is 15.0. The van der Waals surface area contributed by atoms with Gasteiger partial charge in [0.1, 0.15) is 5.00 Å². The molecule has 1 aromatic rings. The minimum Gasteiger partial charge on any atom is -0.465 e. The number of nitrogens with one attached hydrogen (secondary N) is 2. The zero-order valence-electron chi connectivity index (χ0n) is 13.0. The highest BCUT2D eigenvalue weighted by Crippen LogP contribution is 2.29. The number of rotatable bonds is 7. The SMILES string of the molecule is CCc1cc(C(=O)OC)c(NC(=S)NCCCN(C)C)s1. The van der Waals surface area contributed by atoms with E-state index in [9.17, 15) is 4.79 Å². The van der Waals surface area contributed by atoms with Crippen LogP contribution in [0.2, 0.25) is 0 Å². The summed E-state index contributed by atoms with van der Waals surface area (Å²) in [6.07, 6.45) is 1.88. The number of thiocarbonyl (C=S) groups is 1. The maximum atomic E-state index is 11.8. The lowest BCUT2D eigenvalue weighted by Crippen LogP contribution is -2.31. The van der Waals surface area contributed by atoms with Crippen molar-refractivity contribution in [3.63, 3.8) is 0 Å². The minimum atomic E-state index is -0.344. The van der Waals surface area contributed by atoms with Crippen LogP contribution in [0.25, 0.3) is 0 Å². The Kier molecular flexibility index (Phi) is 7.63. The number of esters is 1. The second-order valence-corrected chi connectivity index (χ2v) is 6.38. The summed E-state index contributed by atoms with van der Waals surface area (Å²) in [6, 6.07) is 1.85. The molecule has 0 aliphatic heterocycles. The molecule has 0 saturated carbocycles. The van der Waals surface area contributed by atoms with Crippen molar-refractivity contribution in [2.75, 3.05) is 39.6 Å². The fourth-order valence-electron chi connectivity index (χ4n) is 1.72. The lowest BCUT2D eigenvalue weighted by Gasteiger charge is -2.12. The van der Waals surface area contributed by atoms with Gasteiger partial charge in [0.25, 0.3) is 0 Å². The van der Waals surface area contributed by atoms with Crippen LogP contribution in [0.5, 0.6) is 0 Å². The first-order valence-corrected chi connectivity index (χ1v) is 8.11. The Morgan fingerprint density at radius 3 is 2.76 bits per heavy atom. The van der Waals surface area contributed by atoms with Crippen molar-refractivity contribution in [1.82, 2.24) is 10.2 Å². The van der Waals surface area contributed by atoms with Crippen LogP contribution < -0.4 is 10.6 Å². The van der Waals surface area contributed by atoms with Crippen molar-refractivity contribution < 1.29 is 9.53 Å². The molecule has 0 fully saturated rings. The summed E-state index contributed by atoms with van der Waals surface area (Å²) in [6.45, 7) is 3.85. The van der Waals surface area contributed by atoms with E-state index in [0.29, 0.717) is 10.7 Å². The van der Waals surface area contributed by atoms with Crippen molar-refractivity contribution in [2.45, 2.75) is 19.8 Å². The molecule has 0 spiro atoms. The molecular weight excluding hydrogens is 306 g/mol. The Morgan fingerprint density at radius 1 is 1.48 bits per heavy atom. The van der Waals surface area contributed by atoms with Gasteiger partial charge in [-0.15, -0.1) is 11.3 Å². The summed E-state index contributed by atoms with van der Waals surface area (Å²) in [5.41, 5.74) is 0.539. The molecule has 118 valence electrons. The van der Waals surface area contributed by atoms with E-state index in [1.807, 2.05) is 20.2 Å². The van der Waals surface area contributed by atoms with Gasteiger partial charge in [-0.2, -0.15) is 0 Å². The van der Waals surface area contributed by atoms with Gasteiger partial charge in [0.15, 0.2) is 5.11 Å². The van der Waals surface area contributed by atoms with E-state index in [0.717, 1.165) is 35.8 Å². The largest absolute Gasteiger partial charge is 0.465 e. The summed E-state index contributed by atoms with van der Waals surface area (Å²) in [5.74, 6) is -0.344. The van der Waals surface area contributed by atoms with E-state index in [2.05, 4.69) is 22.5 Å². The third kappa shape index (κ3) is 5.99. The summed E-state index contributed by atoms with van der Waals surface area (Å²) < 4.78 is 4.80. The fourth-order valence-corrected chi connectivity index (χ4v) is 2.97. The van der Waals surface area contributed by atoms with Crippen LogP contribution in [0.4, 0.5) is 5.00 Å². The Morgan fingerprint density at radius 2 is 2.19 bits per heavy atom. The fraction of sp³-hybridized carbons (Fsp3) is 0.571. The Balaban J connectivity index is 2.58. The molecule has 0 saturated heterocycles. The van der Waals surface area contributed by atoms with E-state index in [4.69, 9.17) is 17.0 Å². The number of hydrogen-bond acceptors (Lipinski definition) is 5. The van der Waals surface area contributed by atoms with Crippen molar-refractivity contribution in [3.8, 4) is 0 Å². The number of carbonyl (C=O) groups is 1. The zero-order valence-corrected chi connectivity index (χ0v) is 14.6. The first kappa shape index (κ1) is 17.9. The van der Waals surface area contributed by atoms with Crippen molar-refractivity contribution in [1.29, 1.82) is 0 Å². The van der Waals surface area contributed by atoms with Gasteiger partial charge in [0.05, 0.1) is 12.7 Å². The smallest absolute Gasteiger partial charge is 0.340 e. The van der Waals surface area contributed by atoms with Gasteiger partial charge in [-0.1, -0.05) is 6.92 Å². The molecule has 1 aromatic heterocycles. The molecule has 0 aliphatic rings. The third-order valence-corrected chi connectivity index (χ3v) is 4.27. The van der Waals surface area contributed by atoms with Gasteiger partial charge in [-0.25, -0.2) is 4.79 Å². The van der Waals surface area contributed by atoms with Crippen LogP contribution in [0.1, 0.15) is 28.6 Å². The van der Waals surface area contributed by atoms with Gasteiger partial charge in [-0.3, -0.25) is 0 Å². The molecule has 5 nitrogen and oxygen atoms in total. The Hall–Kier alpha value is -1.18. The zero-order chi connectivity index (χ0) is 15.8. The van der Waals surface area contributed by atoms with Gasteiger partial charge in [0, 0.05) is 11.4 Å². The molecular formula is C14H23N3O2S2. The molecule has 1 heterocycles. The van der Waals surface area contributed by atoms with E-state index in [1.54, 1.807) is 0 Å². The van der Waals surface area contributed by atoms with E-state index >= 15 is 0 Å². The van der Waals surface area contributed by atoms with Crippen molar-refractivity contribution in [3.05, 3.63) is 16.5 Å². The molecule has 0 bridgehead atoms. The first-order valence-electron chi connectivity index (χ1n) is 6.88. The van der Waals surface area contributed by atoms with Crippen LogP contribution in [0.15, 0.2) is 6.07 Å². The number of aryl methyl sites for hydroxylation is 1. The number of ether oxygens (including phenoxy) is 1. The van der Waals surface area contributed by atoms with Crippen molar-refractivity contribution in [2.24, 2.45) is 0 Å². The highest BCUT2D eigenvalue weighted by molar-refractivity contribution is 7.80. The monoisotopic (exact) mass is 329 g/mol. The number of hydrogen-bond donors (Lipinski definition) is 2. The van der Waals surface area contributed by atoms with Gasteiger partial charge < -0.3 is 20.3 Å². The quantitative estimate of drug-likeness (QED) is 0.455. The molecule has 0 radical (unpaired) electrons. The summed E-state index contributed by atoms with van der Waals surface area (Å²) in [5, 5.41) is 7.51. The average Bonchev–Trinajstić information content (AvgIpc) is 2.85. The van der Waals surface area contributed by atoms with Crippen LogP contribution >= 0.6 is 23.6 Å².